The molecule has 0 aromatic heterocycles. The van der Waals surface area contributed by atoms with Crippen molar-refractivity contribution in [3.63, 3.8) is 0 Å². The molecule has 102 valence electrons. The van der Waals surface area contributed by atoms with Gasteiger partial charge in [-0.1, -0.05) is 41.9 Å². The number of rotatable bonds is 5. The van der Waals surface area contributed by atoms with Crippen LogP contribution >= 0.6 is 19.6 Å². The number of halogens is 1. The van der Waals surface area contributed by atoms with E-state index in [1.165, 1.54) is 12.7 Å². The standard InChI is InChI=1S/C10H14ClO5PS/c1-7(2)8-5-4-6-9(11)10(8)18(13,14)16-15-17(3)12/h4-7,17H,1-3H3. The van der Waals surface area contributed by atoms with E-state index in [1.54, 1.807) is 12.1 Å². The Hall–Kier alpha value is -0.390. The lowest BCUT2D eigenvalue weighted by molar-refractivity contribution is -0.0833. The van der Waals surface area contributed by atoms with Crippen LogP contribution in [0.3, 0.4) is 0 Å². The Morgan fingerprint density at radius 3 is 2.44 bits per heavy atom. The van der Waals surface area contributed by atoms with E-state index in [0.717, 1.165) is 0 Å². The third-order valence-electron chi connectivity index (χ3n) is 2.11. The summed E-state index contributed by atoms with van der Waals surface area (Å²) in [6.07, 6.45) is 0. The zero-order valence-electron chi connectivity index (χ0n) is 10.1. The summed E-state index contributed by atoms with van der Waals surface area (Å²) in [4.78, 5) is -0.148. The molecule has 5 nitrogen and oxygen atoms in total. The minimum absolute atomic E-state index is 0.0422. The van der Waals surface area contributed by atoms with E-state index < -0.39 is 18.1 Å². The van der Waals surface area contributed by atoms with Crippen molar-refractivity contribution in [3.8, 4) is 0 Å². The van der Waals surface area contributed by atoms with E-state index in [4.69, 9.17) is 11.6 Å². The minimum atomic E-state index is -4.19. The van der Waals surface area contributed by atoms with Gasteiger partial charge in [-0.3, -0.25) is 4.57 Å². The third-order valence-corrected chi connectivity index (χ3v) is 4.18. The fourth-order valence-electron chi connectivity index (χ4n) is 1.37. The second kappa shape index (κ2) is 6.17. The Morgan fingerprint density at radius 2 is 1.94 bits per heavy atom. The molecule has 1 aromatic rings. The van der Waals surface area contributed by atoms with Gasteiger partial charge in [0.1, 0.15) is 4.90 Å². The molecule has 0 radical (unpaired) electrons. The summed E-state index contributed by atoms with van der Waals surface area (Å²) < 4.78 is 43.1. The maximum absolute atomic E-state index is 11.9. The zero-order chi connectivity index (χ0) is 13.9. The Labute approximate surface area is 112 Å². The van der Waals surface area contributed by atoms with Crippen LogP contribution in [-0.2, 0) is 23.7 Å². The van der Waals surface area contributed by atoms with Crippen molar-refractivity contribution in [3.05, 3.63) is 28.8 Å². The highest BCUT2D eigenvalue weighted by atomic mass is 35.5. The summed E-state index contributed by atoms with van der Waals surface area (Å²) >= 11 is 5.89. The zero-order valence-corrected chi connectivity index (χ0v) is 12.7. The maximum Gasteiger partial charge on any atom is 0.325 e. The van der Waals surface area contributed by atoms with Gasteiger partial charge in [-0.15, -0.1) is 0 Å². The first-order valence-corrected chi connectivity index (χ1v) is 8.76. The van der Waals surface area contributed by atoms with Gasteiger partial charge in [-0.2, -0.15) is 13.1 Å². The minimum Gasteiger partial charge on any atom is -0.294 e. The van der Waals surface area contributed by atoms with Gasteiger partial charge >= 0.3 is 10.1 Å². The topological polar surface area (TPSA) is 69.7 Å². The molecule has 0 bridgehead atoms. The van der Waals surface area contributed by atoms with Gasteiger partial charge in [0.25, 0.3) is 0 Å². The van der Waals surface area contributed by atoms with E-state index in [9.17, 15) is 13.0 Å². The highest BCUT2D eigenvalue weighted by Gasteiger charge is 2.25. The molecule has 0 amide bonds. The number of hydrogen-bond donors (Lipinski definition) is 0. The third kappa shape index (κ3) is 3.80. The largest absolute Gasteiger partial charge is 0.325 e. The lowest BCUT2D eigenvalue weighted by Gasteiger charge is -2.13. The van der Waals surface area contributed by atoms with Crippen LogP contribution in [0.25, 0.3) is 0 Å². The predicted octanol–water partition coefficient (Wildman–Crippen LogP) is 3.20. The summed E-state index contributed by atoms with van der Waals surface area (Å²) in [5, 5.41) is 0.0422. The summed E-state index contributed by atoms with van der Waals surface area (Å²) in [5.41, 5.74) is 0.516. The normalized spacial score (nSPS) is 13.8. The van der Waals surface area contributed by atoms with Crippen molar-refractivity contribution in [2.75, 3.05) is 6.66 Å². The smallest absolute Gasteiger partial charge is 0.294 e. The van der Waals surface area contributed by atoms with E-state index >= 15 is 0 Å². The summed E-state index contributed by atoms with van der Waals surface area (Å²) in [6, 6.07) is 4.74. The van der Waals surface area contributed by atoms with Crippen molar-refractivity contribution < 1.29 is 22.0 Å². The first-order valence-electron chi connectivity index (χ1n) is 5.16. The quantitative estimate of drug-likeness (QED) is 0.474. The van der Waals surface area contributed by atoms with Crippen molar-refractivity contribution in [1.29, 1.82) is 0 Å². The molecular weight excluding hydrogens is 299 g/mol. The molecule has 0 aliphatic rings. The Kier molecular flexibility index (Phi) is 5.37. The number of benzene rings is 1. The monoisotopic (exact) mass is 312 g/mol. The Morgan fingerprint density at radius 1 is 1.33 bits per heavy atom. The van der Waals surface area contributed by atoms with E-state index in [0.29, 0.717) is 5.56 Å². The van der Waals surface area contributed by atoms with E-state index in [1.807, 2.05) is 13.8 Å². The van der Waals surface area contributed by atoms with Gasteiger partial charge in [-0.05, 0) is 17.5 Å². The van der Waals surface area contributed by atoms with E-state index in [-0.39, 0.29) is 15.8 Å². The van der Waals surface area contributed by atoms with Gasteiger partial charge in [0, 0.05) is 6.66 Å². The molecule has 1 aromatic carbocycles. The average molecular weight is 313 g/mol. The molecule has 0 heterocycles. The van der Waals surface area contributed by atoms with Gasteiger partial charge < -0.3 is 0 Å². The molecule has 0 aliphatic heterocycles. The van der Waals surface area contributed by atoms with Crippen LogP contribution in [0.2, 0.25) is 5.02 Å². The molecule has 0 N–H and O–H groups in total. The van der Waals surface area contributed by atoms with Crippen LogP contribution in [0.15, 0.2) is 23.1 Å². The summed E-state index contributed by atoms with van der Waals surface area (Å²) in [7, 11) is -6.70. The lowest BCUT2D eigenvalue weighted by atomic mass is 10.0. The lowest BCUT2D eigenvalue weighted by Crippen LogP contribution is -2.09. The van der Waals surface area contributed by atoms with Gasteiger partial charge in [0.2, 0.25) is 8.03 Å². The molecule has 0 aliphatic carbocycles. The second-order valence-corrected chi connectivity index (χ2v) is 6.92. The van der Waals surface area contributed by atoms with Crippen molar-refractivity contribution in [2.24, 2.45) is 0 Å². The molecule has 0 saturated heterocycles. The second-order valence-electron chi connectivity index (χ2n) is 3.91. The van der Waals surface area contributed by atoms with Crippen molar-refractivity contribution in [2.45, 2.75) is 24.7 Å². The van der Waals surface area contributed by atoms with E-state index in [2.05, 4.69) is 9.01 Å². The first kappa shape index (κ1) is 15.7. The van der Waals surface area contributed by atoms with Crippen molar-refractivity contribution in [1.82, 2.24) is 0 Å². The Bertz CT molecular complexity index is 555. The molecular formula is C10H14ClO5PS. The molecule has 1 unspecified atom stereocenters. The molecule has 0 saturated carbocycles. The molecule has 0 fully saturated rings. The fourth-order valence-corrected chi connectivity index (χ4v) is 3.54. The molecule has 1 rings (SSSR count). The van der Waals surface area contributed by atoms with Crippen molar-refractivity contribution >= 4 is 29.7 Å². The highest BCUT2D eigenvalue weighted by Crippen LogP contribution is 2.32. The SMILES string of the molecule is CC(C)c1cccc(Cl)c1S(=O)(=O)OO[PH](C)=O. The number of hydrogen-bond acceptors (Lipinski definition) is 5. The van der Waals surface area contributed by atoms with Crippen LogP contribution in [0, 0.1) is 0 Å². The van der Waals surface area contributed by atoms with Crippen LogP contribution in [0.4, 0.5) is 0 Å². The van der Waals surface area contributed by atoms with Crippen LogP contribution in [-0.4, -0.2) is 15.1 Å². The fraction of sp³-hybridized carbons (Fsp3) is 0.400. The van der Waals surface area contributed by atoms with Gasteiger partial charge in [-0.25, -0.2) is 0 Å². The van der Waals surface area contributed by atoms with Gasteiger partial charge in [0.05, 0.1) is 5.02 Å². The van der Waals surface area contributed by atoms with Crippen LogP contribution in [0.5, 0.6) is 0 Å². The predicted molar refractivity (Wildman–Crippen MR) is 69.8 cm³/mol. The van der Waals surface area contributed by atoms with Gasteiger partial charge in [0.15, 0.2) is 0 Å². The highest BCUT2D eigenvalue weighted by molar-refractivity contribution is 7.87. The first-order chi connectivity index (χ1) is 8.25. The summed E-state index contributed by atoms with van der Waals surface area (Å²) in [5.74, 6) is -0.0595. The molecule has 18 heavy (non-hydrogen) atoms. The molecule has 0 spiro atoms. The molecule has 1 atom stereocenters. The molecule has 8 heteroatoms. The average Bonchev–Trinajstić information content (AvgIpc) is 2.25. The summed E-state index contributed by atoms with van der Waals surface area (Å²) in [6.45, 7) is 4.87. The van der Waals surface area contributed by atoms with Crippen LogP contribution < -0.4 is 0 Å². The van der Waals surface area contributed by atoms with Crippen LogP contribution in [0.1, 0.15) is 25.3 Å². The maximum atomic E-state index is 11.9. The Balaban J connectivity index is 3.27.